The predicted molar refractivity (Wildman–Crippen MR) is 48.1 cm³/mol. The Balaban J connectivity index is 4.28. The Kier molecular flexibility index (Phi) is 5.62. The quantitative estimate of drug-likeness (QED) is 0.670. The van der Waals surface area contributed by atoms with Crippen molar-refractivity contribution in [1.82, 2.24) is 5.32 Å². The number of methoxy groups -OCH3 is 1. The van der Waals surface area contributed by atoms with Gasteiger partial charge in [-0.3, -0.25) is 0 Å². The van der Waals surface area contributed by atoms with Gasteiger partial charge in [0.1, 0.15) is 0 Å². The van der Waals surface area contributed by atoms with E-state index in [4.69, 9.17) is 9.84 Å². The van der Waals surface area contributed by atoms with E-state index in [1.165, 1.54) is 7.11 Å². The third-order valence-corrected chi connectivity index (χ3v) is 1.62. The van der Waals surface area contributed by atoms with Gasteiger partial charge in [-0.25, -0.2) is 9.59 Å². The highest BCUT2D eigenvalue weighted by Gasteiger charge is 2.27. The maximum absolute atomic E-state index is 10.8. The zero-order valence-corrected chi connectivity index (χ0v) is 8.44. The molecule has 0 fully saturated rings. The summed E-state index contributed by atoms with van der Waals surface area (Å²) in [5, 5.41) is 10.9. The molecule has 0 aromatic heterocycles. The lowest BCUT2D eigenvalue weighted by Crippen LogP contribution is -2.48. The largest absolute Gasteiger partial charge is 0.480 e. The highest BCUT2D eigenvalue weighted by molar-refractivity contribution is 5.80. The average Bonchev–Trinajstić information content (AvgIpc) is 2.13. The highest BCUT2D eigenvalue weighted by atomic mass is 16.5. The fourth-order valence-electron chi connectivity index (χ4n) is 0.925. The van der Waals surface area contributed by atoms with Crippen molar-refractivity contribution in [3.63, 3.8) is 0 Å². The molecule has 6 nitrogen and oxygen atoms in total. The Morgan fingerprint density at radius 3 is 2.43 bits per heavy atom. The molecular weight excluding hydrogens is 190 g/mol. The van der Waals surface area contributed by atoms with Crippen LogP contribution in [0.15, 0.2) is 0 Å². The van der Waals surface area contributed by atoms with Crippen LogP contribution in [0.25, 0.3) is 0 Å². The highest BCUT2D eigenvalue weighted by Crippen LogP contribution is 1.99. The van der Waals surface area contributed by atoms with Gasteiger partial charge in [-0.15, -0.1) is 0 Å². The van der Waals surface area contributed by atoms with E-state index in [1.54, 1.807) is 13.8 Å². The van der Waals surface area contributed by atoms with E-state index in [0.29, 0.717) is 6.61 Å². The number of rotatable bonds is 5. The topological polar surface area (TPSA) is 84.9 Å². The van der Waals surface area contributed by atoms with Crippen molar-refractivity contribution < 1.29 is 24.2 Å². The Hall–Kier alpha value is -1.30. The lowest BCUT2D eigenvalue weighted by molar-refractivity contribution is -0.143. The first-order valence-corrected chi connectivity index (χ1v) is 4.21. The van der Waals surface area contributed by atoms with E-state index in [9.17, 15) is 9.59 Å². The molecule has 2 unspecified atom stereocenters. The number of carbonyl (C=O) groups is 2. The van der Waals surface area contributed by atoms with Crippen molar-refractivity contribution in [2.75, 3.05) is 13.7 Å². The smallest absolute Gasteiger partial charge is 0.407 e. The maximum atomic E-state index is 10.8. The molecule has 0 aliphatic carbocycles. The van der Waals surface area contributed by atoms with Gasteiger partial charge in [0.05, 0.1) is 13.2 Å². The molecule has 0 bridgehead atoms. The summed E-state index contributed by atoms with van der Waals surface area (Å²) in [7, 11) is 1.17. The fraction of sp³-hybridized carbons (Fsp3) is 0.750. The van der Waals surface area contributed by atoms with E-state index < -0.39 is 24.2 Å². The number of alkyl carbamates (subject to hydrolysis) is 1. The molecule has 0 aliphatic rings. The van der Waals surface area contributed by atoms with E-state index in [2.05, 4.69) is 10.1 Å². The minimum Gasteiger partial charge on any atom is -0.480 e. The van der Waals surface area contributed by atoms with Gasteiger partial charge < -0.3 is 19.9 Å². The minimum absolute atomic E-state index is 0.383. The van der Waals surface area contributed by atoms with Crippen molar-refractivity contribution in [1.29, 1.82) is 0 Å². The summed E-state index contributed by atoms with van der Waals surface area (Å²) in [6, 6.07) is -1.10. The molecule has 2 N–H and O–H groups in total. The summed E-state index contributed by atoms with van der Waals surface area (Å²) in [5.74, 6) is -1.16. The van der Waals surface area contributed by atoms with Crippen LogP contribution in [0.2, 0.25) is 0 Å². The molecule has 6 heteroatoms. The second-order valence-electron chi connectivity index (χ2n) is 2.61. The van der Waals surface area contributed by atoms with E-state index in [1.807, 2.05) is 0 Å². The predicted octanol–water partition coefficient (Wildman–Crippen LogP) is 0.221. The first-order chi connectivity index (χ1) is 6.52. The third kappa shape index (κ3) is 4.08. The maximum Gasteiger partial charge on any atom is 0.407 e. The van der Waals surface area contributed by atoms with Gasteiger partial charge in [0, 0.05) is 6.61 Å². The number of carboxylic acids is 1. The van der Waals surface area contributed by atoms with Crippen LogP contribution in [0.1, 0.15) is 13.8 Å². The fourth-order valence-corrected chi connectivity index (χ4v) is 0.925. The summed E-state index contributed by atoms with van der Waals surface area (Å²) in [5.41, 5.74) is 0. The Bertz CT molecular complexity index is 206. The van der Waals surface area contributed by atoms with Gasteiger partial charge >= 0.3 is 12.1 Å². The Labute approximate surface area is 82.2 Å². The number of ether oxygens (including phenoxy) is 2. The number of hydrogen-bond donors (Lipinski definition) is 2. The lowest BCUT2D eigenvalue weighted by atomic mass is 10.2. The standard InChI is InChI=1S/C8H15NO5/c1-4-14-5(2)6(7(10)11)9-8(12)13-3/h5-6H,4H2,1-3H3,(H,9,12)(H,10,11). The van der Waals surface area contributed by atoms with Crippen molar-refractivity contribution >= 4 is 12.1 Å². The number of hydrogen-bond acceptors (Lipinski definition) is 4. The first-order valence-electron chi connectivity index (χ1n) is 4.21. The van der Waals surface area contributed by atoms with Gasteiger partial charge in [0.25, 0.3) is 0 Å². The molecule has 0 radical (unpaired) electrons. The van der Waals surface area contributed by atoms with Crippen molar-refractivity contribution in [2.45, 2.75) is 26.0 Å². The van der Waals surface area contributed by atoms with Crippen LogP contribution >= 0.6 is 0 Å². The van der Waals surface area contributed by atoms with Gasteiger partial charge in [-0.2, -0.15) is 0 Å². The molecule has 0 aromatic carbocycles. The van der Waals surface area contributed by atoms with Crippen LogP contribution in [0.3, 0.4) is 0 Å². The molecule has 0 saturated heterocycles. The molecule has 0 heterocycles. The summed E-state index contributed by atoms with van der Waals surface area (Å²) >= 11 is 0. The van der Waals surface area contributed by atoms with Crippen LogP contribution in [-0.4, -0.2) is 43.0 Å². The Morgan fingerprint density at radius 1 is 1.50 bits per heavy atom. The molecule has 14 heavy (non-hydrogen) atoms. The van der Waals surface area contributed by atoms with E-state index in [0.717, 1.165) is 0 Å². The monoisotopic (exact) mass is 205 g/mol. The summed E-state index contributed by atoms with van der Waals surface area (Å²) in [6.45, 7) is 3.69. The number of carbonyl (C=O) groups excluding carboxylic acids is 1. The minimum atomic E-state index is -1.16. The van der Waals surface area contributed by atoms with Crippen molar-refractivity contribution in [3.8, 4) is 0 Å². The molecule has 1 amide bonds. The molecule has 82 valence electrons. The second kappa shape index (κ2) is 6.20. The zero-order chi connectivity index (χ0) is 11.1. The third-order valence-electron chi connectivity index (χ3n) is 1.62. The number of amides is 1. The first kappa shape index (κ1) is 12.7. The SMILES string of the molecule is CCOC(C)C(NC(=O)OC)C(=O)O. The number of aliphatic carboxylic acids is 1. The molecule has 2 atom stereocenters. The van der Waals surface area contributed by atoms with Crippen LogP contribution in [0.4, 0.5) is 4.79 Å². The van der Waals surface area contributed by atoms with Crippen molar-refractivity contribution in [3.05, 3.63) is 0 Å². The van der Waals surface area contributed by atoms with E-state index >= 15 is 0 Å². The normalized spacial score (nSPS) is 14.2. The second-order valence-corrected chi connectivity index (χ2v) is 2.61. The molecule has 0 aliphatic heterocycles. The zero-order valence-electron chi connectivity index (χ0n) is 8.44. The molecule has 0 saturated carbocycles. The summed E-state index contributed by atoms with van der Waals surface area (Å²) in [6.07, 6.45) is -1.39. The number of carboxylic acid groups (broad SMARTS) is 1. The lowest BCUT2D eigenvalue weighted by Gasteiger charge is -2.20. The Morgan fingerprint density at radius 2 is 2.07 bits per heavy atom. The number of nitrogens with one attached hydrogen (secondary N) is 1. The van der Waals surface area contributed by atoms with Crippen molar-refractivity contribution in [2.24, 2.45) is 0 Å². The van der Waals surface area contributed by atoms with Crippen LogP contribution in [0.5, 0.6) is 0 Å². The summed E-state index contributed by atoms with van der Waals surface area (Å²) < 4.78 is 9.35. The van der Waals surface area contributed by atoms with Gasteiger partial charge in [-0.1, -0.05) is 0 Å². The molecule has 0 spiro atoms. The van der Waals surface area contributed by atoms with Crippen LogP contribution in [0, 0.1) is 0 Å². The molecule has 0 rings (SSSR count). The van der Waals surface area contributed by atoms with Crippen LogP contribution in [-0.2, 0) is 14.3 Å². The summed E-state index contributed by atoms with van der Waals surface area (Å²) in [4.78, 5) is 21.5. The van der Waals surface area contributed by atoms with Gasteiger partial charge in [-0.05, 0) is 13.8 Å². The molecular formula is C8H15NO5. The molecule has 0 aromatic rings. The van der Waals surface area contributed by atoms with E-state index in [-0.39, 0.29) is 0 Å². The van der Waals surface area contributed by atoms with Gasteiger partial charge in [0.15, 0.2) is 6.04 Å². The average molecular weight is 205 g/mol. The van der Waals surface area contributed by atoms with Gasteiger partial charge in [0.2, 0.25) is 0 Å². The van der Waals surface area contributed by atoms with Crippen LogP contribution < -0.4 is 5.32 Å².